The molecule has 1 aliphatic heterocycles. The molecular weight excluding hydrogens is 343 g/mol. The van der Waals surface area contributed by atoms with Crippen molar-refractivity contribution < 1.29 is 18.5 Å². The molecule has 2 aromatic rings. The third-order valence-electron chi connectivity index (χ3n) is 2.94. The van der Waals surface area contributed by atoms with E-state index in [4.69, 9.17) is 16.6 Å². The van der Waals surface area contributed by atoms with E-state index in [-0.39, 0.29) is 15.0 Å². The number of nitrogens with zero attached hydrogens (tertiary/aromatic N) is 2. The van der Waals surface area contributed by atoms with Crippen LogP contribution in [0.15, 0.2) is 45.7 Å². The van der Waals surface area contributed by atoms with E-state index in [1.54, 1.807) is 0 Å². The molecule has 0 saturated carbocycles. The molecule has 1 aromatic heterocycles. The van der Waals surface area contributed by atoms with Crippen molar-refractivity contribution in [2.75, 3.05) is 4.90 Å². The summed E-state index contributed by atoms with van der Waals surface area (Å²) in [6, 6.07) is 7.94. The summed E-state index contributed by atoms with van der Waals surface area (Å²) in [5.41, 5.74) is 0.447. The summed E-state index contributed by atoms with van der Waals surface area (Å²) in [4.78, 5) is 23.9. The van der Waals surface area contributed by atoms with Gasteiger partial charge in [0.25, 0.3) is 5.91 Å². The number of thioether (sulfide) groups is 1. The van der Waals surface area contributed by atoms with Crippen molar-refractivity contribution in [1.82, 2.24) is 0 Å². The number of rotatable bonds is 3. The fourth-order valence-electron chi connectivity index (χ4n) is 1.93. The molecule has 23 heavy (non-hydrogen) atoms. The Bertz CT molecular complexity index is 845. The van der Waals surface area contributed by atoms with Gasteiger partial charge in [-0.25, -0.2) is 4.39 Å². The van der Waals surface area contributed by atoms with Crippen molar-refractivity contribution in [2.45, 2.75) is 0 Å². The maximum atomic E-state index is 13.0. The molecular formula is C14H7FN2O4S2. The summed E-state index contributed by atoms with van der Waals surface area (Å²) in [7, 11) is 0. The average molecular weight is 350 g/mol. The van der Waals surface area contributed by atoms with Gasteiger partial charge in [-0.1, -0.05) is 24.0 Å². The van der Waals surface area contributed by atoms with Crippen LogP contribution in [0.5, 0.6) is 0 Å². The Morgan fingerprint density at radius 2 is 1.96 bits per heavy atom. The molecule has 116 valence electrons. The Balaban J connectivity index is 1.89. The minimum Gasteiger partial charge on any atom is -0.401 e. The van der Waals surface area contributed by atoms with Crippen molar-refractivity contribution in [1.29, 1.82) is 0 Å². The van der Waals surface area contributed by atoms with Crippen molar-refractivity contribution in [2.24, 2.45) is 0 Å². The zero-order valence-electron chi connectivity index (χ0n) is 11.3. The third-order valence-corrected chi connectivity index (χ3v) is 4.25. The van der Waals surface area contributed by atoms with E-state index in [1.165, 1.54) is 47.4 Å². The highest BCUT2D eigenvalue weighted by Crippen LogP contribution is 2.36. The predicted molar refractivity (Wildman–Crippen MR) is 87.4 cm³/mol. The molecule has 0 bridgehead atoms. The third kappa shape index (κ3) is 3.01. The first kappa shape index (κ1) is 15.4. The van der Waals surface area contributed by atoms with Gasteiger partial charge in [0.1, 0.15) is 16.5 Å². The topological polar surface area (TPSA) is 76.6 Å². The Kier molecular flexibility index (Phi) is 3.97. The quantitative estimate of drug-likeness (QED) is 0.363. The zero-order chi connectivity index (χ0) is 16.6. The predicted octanol–water partition coefficient (Wildman–Crippen LogP) is 3.73. The van der Waals surface area contributed by atoms with Gasteiger partial charge in [0, 0.05) is 6.08 Å². The van der Waals surface area contributed by atoms with E-state index in [2.05, 4.69) is 0 Å². The Morgan fingerprint density at radius 1 is 1.26 bits per heavy atom. The molecule has 0 spiro atoms. The number of carbonyl (C=O) groups excluding carboxylic acids is 1. The van der Waals surface area contributed by atoms with Gasteiger partial charge in [-0.3, -0.25) is 19.8 Å². The van der Waals surface area contributed by atoms with Crippen molar-refractivity contribution in [3.8, 4) is 0 Å². The smallest absolute Gasteiger partial charge is 0.401 e. The average Bonchev–Trinajstić information content (AvgIpc) is 3.07. The highest BCUT2D eigenvalue weighted by atomic mass is 32.2. The van der Waals surface area contributed by atoms with Crippen LogP contribution >= 0.6 is 24.0 Å². The number of amides is 1. The molecule has 0 aliphatic carbocycles. The van der Waals surface area contributed by atoms with Gasteiger partial charge in [-0.15, -0.1) is 0 Å². The number of hydrogen-bond donors (Lipinski definition) is 0. The number of halogens is 1. The van der Waals surface area contributed by atoms with E-state index in [9.17, 15) is 19.3 Å². The van der Waals surface area contributed by atoms with Crippen LogP contribution in [-0.2, 0) is 4.79 Å². The van der Waals surface area contributed by atoms with Gasteiger partial charge in [0.05, 0.1) is 16.7 Å². The standard InChI is InChI=1S/C14H7FN2O4S2/c15-8-1-3-9(4-2-8)16-13(18)11(23-14(16)22)7-10-5-6-12(21-10)17(19)20/h1-7H. The van der Waals surface area contributed by atoms with E-state index < -0.39 is 22.5 Å². The molecule has 3 rings (SSSR count). The van der Waals surface area contributed by atoms with Gasteiger partial charge in [0.15, 0.2) is 4.32 Å². The van der Waals surface area contributed by atoms with Crippen LogP contribution in [0, 0.1) is 15.9 Å². The lowest BCUT2D eigenvalue weighted by Crippen LogP contribution is -2.27. The molecule has 2 heterocycles. The molecule has 0 N–H and O–H groups in total. The van der Waals surface area contributed by atoms with Crippen molar-refractivity contribution >= 4 is 51.9 Å². The van der Waals surface area contributed by atoms with E-state index >= 15 is 0 Å². The largest absolute Gasteiger partial charge is 0.433 e. The lowest BCUT2D eigenvalue weighted by molar-refractivity contribution is -0.402. The fourth-order valence-corrected chi connectivity index (χ4v) is 3.21. The number of thiocarbonyl (C=S) groups is 1. The summed E-state index contributed by atoms with van der Waals surface area (Å²) in [5, 5.41) is 10.6. The minimum absolute atomic E-state index is 0.177. The number of hydrogen-bond acceptors (Lipinski definition) is 6. The molecule has 6 nitrogen and oxygen atoms in total. The van der Waals surface area contributed by atoms with Gasteiger partial charge in [-0.05, 0) is 30.3 Å². The molecule has 9 heteroatoms. The van der Waals surface area contributed by atoms with Crippen LogP contribution in [-0.4, -0.2) is 15.2 Å². The fraction of sp³-hybridized carbons (Fsp3) is 0. The first-order valence-corrected chi connectivity index (χ1v) is 7.46. The van der Waals surface area contributed by atoms with Crippen molar-refractivity contribution in [3.63, 3.8) is 0 Å². The van der Waals surface area contributed by atoms with E-state index in [0.717, 1.165) is 11.8 Å². The van der Waals surface area contributed by atoms with Gasteiger partial charge in [-0.2, -0.15) is 0 Å². The van der Waals surface area contributed by atoms with Crippen LogP contribution in [0.3, 0.4) is 0 Å². The van der Waals surface area contributed by atoms with Gasteiger partial charge >= 0.3 is 5.88 Å². The second-order valence-corrected chi connectivity index (χ2v) is 6.10. The number of nitro groups is 1. The van der Waals surface area contributed by atoms with E-state index in [0.29, 0.717) is 5.69 Å². The number of anilines is 1. The Morgan fingerprint density at radius 3 is 2.57 bits per heavy atom. The lowest BCUT2D eigenvalue weighted by Gasteiger charge is -2.13. The number of benzene rings is 1. The monoisotopic (exact) mass is 350 g/mol. The number of furan rings is 1. The second kappa shape index (κ2) is 5.94. The molecule has 1 aliphatic rings. The minimum atomic E-state index is -0.666. The van der Waals surface area contributed by atoms with Crippen LogP contribution in [0.1, 0.15) is 5.76 Å². The molecule has 1 aromatic carbocycles. The maximum Gasteiger partial charge on any atom is 0.433 e. The summed E-state index contributed by atoms with van der Waals surface area (Å²) in [6.45, 7) is 0. The molecule has 0 unspecified atom stereocenters. The SMILES string of the molecule is O=C1C(=Cc2ccc([N+](=O)[O-])o2)SC(=S)N1c1ccc(F)cc1. The van der Waals surface area contributed by atoms with Crippen molar-refractivity contribution in [3.05, 3.63) is 63.0 Å². The first-order chi connectivity index (χ1) is 11.0. The van der Waals surface area contributed by atoms with Crippen LogP contribution in [0.25, 0.3) is 6.08 Å². The highest BCUT2D eigenvalue weighted by Gasteiger charge is 2.33. The summed E-state index contributed by atoms with van der Waals surface area (Å²) in [6.07, 6.45) is 1.38. The molecule has 1 fully saturated rings. The Labute approximate surface area is 138 Å². The van der Waals surface area contributed by atoms with Gasteiger partial charge < -0.3 is 4.42 Å². The number of carbonyl (C=O) groups is 1. The summed E-state index contributed by atoms with van der Waals surface area (Å²) in [5.74, 6) is -1.05. The molecule has 1 amide bonds. The van der Waals surface area contributed by atoms with E-state index in [1.807, 2.05) is 0 Å². The van der Waals surface area contributed by atoms with Crippen LogP contribution in [0.4, 0.5) is 16.0 Å². The normalized spacial score (nSPS) is 16.4. The van der Waals surface area contributed by atoms with Gasteiger partial charge in [0.2, 0.25) is 0 Å². The second-order valence-electron chi connectivity index (χ2n) is 4.43. The zero-order valence-corrected chi connectivity index (χ0v) is 12.9. The first-order valence-electron chi connectivity index (χ1n) is 6.23. The van der Waals surface area contributed by atoms with Crippen LogP contribution < -0.4 is 4.90 Å². The summed E-state index contributed by atoms with van der Waals surface area (Å²) < 4.78 is 18.3. The van der Waals surface area contributed by atoms with Crippen LogP contribution in [0.2, 0.25) is 0 Å². The summed E-state index contributed by atoms with van der Waals surface area (Å²) >= 11 is 6.21. The molecule has 0 radical (unpaired) electrons. The molecule has 0 atom stereocenters. The molecule has 1 saturated heterocycles. The Hall–Kier alpha value is -2.52. The lowest BCUT2D eigenvalue weighted by atomic mass is 10.3. The maximum absolute atomic E-state index is 13.0. The highest BCUT2D eigenvalue weighted by molar-refractivity contribution is 8.27.